The number of rotatable bonds is 8. The fourth-order valence-electron chi connectivity index (χ4n) is 1.29. The number of sulfonamides is 1. The summed E-state index contributed by atoms with van der Waals surface area (Å²) in [4.78, 5) is 17.2. The quantitative estimate of drug-likeness (QED) is 0.659. The summed E-state index contributed by atoms with van der Waals surface area (Å²) in [5, 5.41) is 0. The number of alkyl halides is 3. The van der Waals surface area contributed by atoms with E-state index >= 15 is 0 Å². The van der Waals surface area contributed by atoms with Gasteiger partial charge in [0.2, 0.25) is 0 Å². The number of hydrogen-bond acceptors (Lipinski definition) is 3. The van der Waals surface area contributed by atoms with Crippen LogP contribution < -0.4 is 0 Å². The van der Waals surface area contributed by atoms with Crippen molar-refractivity contribution in [2.24, 2.45) is 0 Å². The lowest BCUT2D eigenvalue weighted by atomic mass is 10.3. The third kappa shape index (κ3) is 6.71. The first-order valence-electron chi connectivity index (χ1n) is 5.53. The van der Waals surface area contributed by atoms with Gasteiger partial charge in [-0.15, -0.1) is 0 Å². The smallest absolute Gasteiger partial charge is 0.324 e. The van der Waals surface area contributed by atoms with Gasteiger partial charge in [0, 0.05) is 13.1 Å². The summed E-state index contributed by atoms with van der Waals surface area (Å²) >= 11 is 0. The van der Waals surface area contributed by atoms with Gasteiger partial charge in [0.1, 0.15) is 0 Å². The van der Waals surface area contributed by atoms with Crippen molar-refractivity contribution in [3.63, 3.8) is 0 Å². The highest BCUT2D eigenvalue weighted by Crippen LogP contribution is 2.35. The molecule has 0 aliphatic carbocycles. The van der Waals surface area contributed by atoms with Crippen LogP contribution in [0.5, 0.6) is 0 Å². The van der Waals surface area contributed by atoms with Crippen LogP contribution in [0, 0.1) is 0 Å². The zero-order valence-corrected chi connectivity index (χ0v) is 12.0. The zero-order chi connectivity index (χ0) is 15.3. The lowest BCUT2D eigenvalue weighted by Gasteiger charge is -2.23. The van der Waals surface area contributed by atoms with Crippen molar-refractivity contribution in [3.05, 3.63) is 0 Å². The largest absolute Gasteiger partial charge is 0.511 e. The first-order chi connectivity index (χ1) is 8.42. The summed E-state index contributed by atoms with van der Waals surface area (Å²) in [7, 11) is -9.79. The Hall–Kier alpha value is -0.150. The van der Waals surface area contributed by atoms with Crippen molar-refractivity contribution in [1.82, 2.24) is 4.31 Å². The van der Waals surface area contributed by atoms with Crippen LogP contribution in [0.3, 0.4) is 0 Å². The number of hydrogen-bond donors (Lipinski definition) is 2. The van der Waals surface area contributed by atoms with E-state index in [-0.39, 0.29) is 23.7 Å². The molecule has 19 heavy (non-hydrogen) atoms. The molecule has 116 valence electrons. The van der Waals surface area contributed by atoms with Crippen LogP contribution in [0.2, 0.25) is 0 Å². The van der Waals surface area contributed by atoms with Crippen molar-refractivity contribution in [2.75, 3.05) is 19.3 Å². The summed E-state index contributed by atoms with van der Waals surface area (Å²) in [6.45, 7) is 0.806. The lowest BCUT2D eigenvalue weighted by molar-refractivity contribution is -0.0489. The minimum atomic E-state index is -5.45. The summed E-state index contributed by atoms with van der Waals surface area (Å²) < 4.78 is 70.4. The molecule has 0 aromatic carbocycles. The second-order valence-electron chi connectivity index (χ2n) is 3.95. The molecule has 11 heteroatoms. The Bertz CT molecular complexity index is 419. The number of unbranched alkanes of at least 4 members (excludes halogenated alkanes) is 1. The Morgan fingerprint density at radius 3 is 2.00 bits per heavy atom. The van der Waals surface area contributed by atoms with Crippen molar-refractivity contribution < 1.29 is 35.9 Å². The molecule has 0 aromatic rings. The molecule has 0 aliphatic heterocycles. The van der Waals surface area contributed by atoms with E-state index in [1.807, 2.05) is 0 Å². The first kappa shape index (κ1) is 18.9. The molecular weight excluding hydrogens is 310 g/mol. The fraction of sp³-hybridized carbons (Fsp3) is 1.00. The Balaban J connectivity index is 4.79. The van der Waals surface area contributed by atoms with Crippen LogP contribution in [0.15, 0.2) is 0 Å². The molecule has 0 heterocycles. The summed E-state index contributed by atoms with van der Waals surface area (Å²) in [5.41, 5.74) is -5.40. The predicted octanol–water partition coefficient (Wildman–Crippen LogP) is 1.51. The van der Waals surface area contributed by atoms with Gasteiger partial charge in [-0.25, -0.2) is 8.42 Å². The van der Waals surface area contributed by atoms with Crippen LogP contribution in [0.4, 0.5) is 13.2 Å². The topological polar surface area (TPSA) is 94.9 Å². The van der Waals surface area contributed by atoms with E-state index < -0.39 is 35.8 Å². The minimum Gasteiger partial charge on any atom is -0.324 e. The van der Waals surface area contributed by atoms with Crippen molar-refractivity contribution in [3.8, 4) is 0 Å². The molecule has 0 amide bonds. The molecule has 0 fully saturated rings. The SMILES string of the molecule is CCCCN(CCCP(=O)(O)O)S(=O)(=O)C(F)(F)F. The molecule has 0 aliphatic rings. The normalized spacial score (nSPS) is 14.1. The van der Waals surface area contributed by atoms with Gasteiger partial charge >= 0.3 is 23.1 Å². The summed E-state index contributed by atoms with van der Waals surface area (Å²) in [6, 6.07) is 0. The minimum absolute atomic E-state index is 0.228. The van der Waals surface area contributed by atoms with E-state index in [1.54, 1.807) is 6.92 Å². The third-order valence-electron chi connectivity index (χ3n) is 2.25. The van der Waals surface area contributed by atoms with Gasteiger partial charge in [0.15, 0.2) is 0 Å². The predicted molar refractivity (Wildman–Crippen MR) is 63.0 cm³/mol. The van der Waals surface area contributed by atoms with Gasteiger partial charge in [-0.05, 0) is 12.8 Å². The van der Waals surface area contributed by atoms with Crippen molar-refractivity contribution >= 4 is 17.6 Å². The molecule has 0 radical (unpaired) electrons. The molecule has 0 saturated heterocycles. The maximum absolute atomic E-state index is 12.4. The molecule has 0 saturated carbocycles. The Morgan fingerprint density at radius 2 is 1.63 bits per heavy atom. The Kier molecular flexibility index (Phi) is 6.97. The lowest BCUT2D eigenvalue weighted by Crippen LogP contribution is -2.42. The molecule has 0 spiro atoms. The van der Waals surface area contributed by atoms with Gasteiger partial charge in [0.25, 0.3) is 0 Å². The van der Waals surface area contributed by atoms with E-state index in [9.17, 15) is 26.2 Å². The molecule has 0 atom stereocenters. The van der Waals surface area contributed by atoms with Gasteiger partial charge < -0.3 is 9.79 Å². The molecular formula is C8H17F3NO5PS. The van der Waals surface area contributed by atoms with E-state index in [0.29, 0.717) is 6.42 Å². The maximum Gasteiger partial charge on any atom is 0.511 e. The molecule has 0 rings (SSSR count). The molecule has 6 nitrogen and oxygen atoms in total. The molecule has 0 bridgehead atoms. The highest BCUT2D eigenvalue weighted by atomic mass is 32.2. The second kappa shape index (κ2) is 7.03. The molecule has 0 unspecified atom stereocenters. The van der Waals surface area contributed by atoms with Gasteiger partial charge in [0.05, 0.1) is 6.16 Å². The number of nitrogens with zero attached hydrogens (tertiary/aromatic N) is 1. The Morgan fingerprint density at radius 1 is 1.16 bits per heavy atom. The fourth-order valence-corrected chi connectivity index (χ4v) is 2.87. The highest BCUT2D eigenvalue weighted by molar-refractivity contribution is 7.90. The van der Waals surface area contributed by atoms with Crippen LogP contribution in [0.25, 0.3) is 0 Å². The van der Waals surface area contributed by atoms with E-state index in [4.69, 9.17) is 9.79 Å². The van der Waals surface area contributed by atoms with E-state index in [2.05, 4.69) is 0 Å². The van der Waals surface area contributed by atoms with Crippen LogP contribution >= 0.6 is 7.60 Å². The second-order valence-corrected chi connectivity index (χ2v) is 7.65. The van der Waals surface area contributed by atoms with Crippen molar-refractivity contribution in [1.29, 1.82) is 0 Å². The van der Waals surface area contributed by atoms with Crippen molar-refractivity contribution in [2.45, 2.75) is 31.7 Å². The van der Waals surface area contributed by atoms with E-state index in [0.717, 1.165) is 0 Å². The van der Waals surface area contributed by atoms with Gasteiger partial charge in [-0.2, -0.15) is 17.5 Å². The molecule has 2 N–H and O–H groups in total. The monoisotopic (exact) mass is 327 g/mol. The Labute approximate surface area is 109 Å². The average Bonchev–Trinajstić information content (AvgIpc) is 2.19. The number of halogens is 3. The molecule has 0 aromatic heterocycles. The third-order valence-corrected chi connectivity index (χ3v) is 4.78. The average molecular weight is 327 g/mol. The highest BCUT2D eigenvalue weighted by Gasteiger charge is 2.49. The van der Waals surface area contributed by atoms with Gasteiger partial charge in [-0.3, -0.25) is 4.57 Å². The van der Waals surface area contributed by atoms with Gasteiger partial charge in [-0.1, -0.05) is 13.3 Å². The summed E-state index contributed by atoms with van der Waals surface area (Å²) in [5.74, 6) is 0. The van der Waals surface area contributed by atoms with E-state index in [1.165, 1.54) is 0 Å². The van der Waals surface area contributed by atoms with Crippen LogP contribution in [-0.4, -0.2) is 47.3 Å². The maximum atomic E-state index is 12.4. The standard InChI is InChI=1S/C8H17F3NO5PS/c1-2-3-5-12(6-4-7-18(13,14)15)19(16,17)8(9,10)11/h2-7H2,1H3,(H2,13,14,15). The van der Waals surface area contributed by atoms with Crippen LogP contribution in [0.1, 0.15) is 26.2 Å². The zero-order valence-electron chi connectivity index (χ0n) is 10.3. The summed E-state index contributed by atoms with van der Waals surface area (Å²) in [6.07, 6.45) is -0.236. The van der Waals surface area contributed by atoms with Crippen LogP contribution in [-0.2, 0) is 14.6 Å². The first-order valence-corrected chi connectivity index (χ1v) is 8.76.